The molecule has 4 heterocycles. The van der Waals surface area contributed by atoms with Crippen LogP contribution < -0.4 is 9.80 Å². The molecular formula is C32H26IrN4O-2. The van der Waals surface area contributed by atoms with Gasteiger partial charge < -0.3 is 19.2 Å². The van der Waals surface area contributed by atoms with Crippen LogP contribution in [0.3, 0.4) is 0 Å². The number of anilines is 3. The number of fused-ring (bicyclic) bond motifs is 4. The van der Waals surface area contributed by atoms with Crippen molar-refractivity contribution in [1.29, 1.82) is 0 Å². The van der Waals surface area contributed by atoms with Crippen LogP contribution >= 0.6 is 0 Å². The number of aryl methyl sites for hydroxylation is 2. The van der Waals surface area contributed by atoms with Crippen LogP contribution in [0.15, 0.2) is 102 Å². The molecule has 0 spiro atoms. The Hall–Kier alpha value is -3.99. The fourth-order valence-corrected chi connectivity index (χ4v) is 4.62. The topological polar surface area (TPSA) is 45.4 Å². The second-order valence-corrected chi connectivity index (χ2v) is 8.84. The number of hydrogen-bond acceptors (Lipinski definition) is 5. The number of furan rings is 1. The first-order chi connectivity index (χ1) is 19.3. The zero-order valence-corrected chi connectivity index (χ0v) is 23.2. The Bertz CT molecular complexity index is 1770. The molecule has 0 atom stereocenters. The van der Waals surface area contributed by atoms with Gasteiger partial charge in [-0.05, 0) is 62.4 Å². The zero-order chi connectivity index (χ0) is 27.9. The summed E-state index contributed by atoms with van der Waals surface area (Å²) in [6.45, 7) is 1.80. The molecule has 0 amide bonds. The van der Waals surface area contributed by atoms with Gasteiger partial charge in [-0.25, -0.2) is 4.98 Å². The molecule has 0 aliphatic carbocycles. The molecule has 1 aliphatic heterocycles. The van der Waals surface area contributed by atoms with Crippen molar-refractivity contribution in [3.8, 4) is 11.3 Å². The van der Waals surface area contributed by atoms with Crippen LogP contribution in [0.2, 0.25) is 0 Å². The van der Waals surface area contributed by atoms with Crippen LogP contribution in [0.1, 0.15) is 15.4 Å². The van der Waals surface area contributed by atoms with E-state index < -0.39 is 6.85 Å². The smallest absolute Gasteiger partial charge is 0.227 e. The van der Waals surface area contributed by atoms with E-state index in [4.69, 9.17) is 8.53 Å². The van der Waals surface area contributed by atoms with Crippen molar-refractivity contribution in [2.75, 3.05) is 16.8 Å². The predicted octanol–water partition coefficient (Wildman–Crippen LogP) is 7.85. The maximum atomic E-state index is 7.61. The molecule has 0 N–H and O–H groups in total. The van der Waals surface area contributed by atoms with Crippen molar-refractivity contribution >= 4 is 39.1 Å². The minimum Gasteiger partial charge on any atom is -0.504 e. The number of benzene rings is 3. The van der Waals surface area contributed by atoms with E-state index in [1.807, 2.05) is 81.3 Å². The van der Waals surface area contributed by atoms with Crippen LogP contribution in [-0.2, 0) is 20.1 Å². The molecule has 1 aliphatic rings. The van der Waals surface area contributed by atoms with Gasteiger partial charge in [-0.3, -0.25) is 0 Å². The molecule has 0 bridgehead atoms. The van der Waals surface area contributed by atoms with Crippen molar-refractivity contribution in [3.63, 3.8) is 0 Å². The second-order valence-electron chi connectivity index (χ2n) is 8.84. The molecule has 191 valence electrons. The third-order valence-corrected chi connectivity index (χ3v) is 6.38. The Morgan fingerprint density at radius 2 is 1.68 bits per heavy atom. The number of hydrogen-bond donors (Lipinski definition) is 0. The van der Waals surface area contributed by atoms with E-state index in [9.17, 15) is 0 Å². The molecule has 5 nitrogen and oxygen atoms in total. The van der Waals surface area contributed by atoms with E-state index in [1.165, 1.54) is 0 Å². The van der Waals surface area contributed by atoms with E-state index in [0.29, 0.717) is 11.3 Å². The molecule has 38 heavy (non-hydrogen) atoms. The number of para-hydroxylation sites is 2. The van der Waals surface area contributed by atoms with Gasteiger partial charge in [-0.2, -0.15) is 0 Å². The molecule has 0 saturated heterocycles. The van der Waals surface area contributed by atoms with Gasteiger partial charge in [0.15, 0.2) is 5.58 Å². The summed E-state index contributed by atoms with van der Waals surface area (Å²) in [6, 6.07) is 32.4. The van der Waals surface area contributed by atoms with Gasteiger partial charge in [0, 0.05) is 58.3 Å². The van der Waals surface area contributed by atoms with Gasteiger partial charge >= 0.3 is 0 Å². The SMILES string of the molecule is [2H]C([2H])([2H])c1ccc2c(n1)oc1c(N3[CH-]N(C)c4ccccc43)c(C)ccc12.[Ir].[c-]1ccccc1-c1ccccn1. The first-order valence-corrected chi connectivity index (χ1v) is 12.0. The molecule has 7 rings (SSSR count). The first-order valence-electron chi connectivity index (χ1n) is 13.5. The second kappa shape index (κ2) is 10.8. The Balaban J connectivity index is 0.000000218. The van der Waals surface area contributed by atoms with Gasteiger partial charge in [0.1, 0.15) is 0 Å². The van der Waals surface area contributed by atoms with Crippen molar-refractivity contribution in [2.45, 2.75) is 13.8 Å². The van der Waals surface area contributed by atoms with Gasteiger partial charge in [0.2, 0.25) is 5.71 Å². The van der Waals surface area contributed by atoms with Crippen LogP contribution in [-0.4, -0.2) is 17.0 Å². The molecule has 6 heteroatoms. The Morgan fingerprint density at radius 3 is 2.45 bits per heavy atom. The first kappa shape index (κ1) is 22.0. The molecule has 6 aromatic rings. The summed E-state index contributed by atoms with van der Waals surface area (Å²) in [5.41, 5.74) is 7.26. The minimum atomic E-state index is -2.27. The Labute approximate surface area is 240 Å². The predicted molar refractivity (Wildman–Crippen MR) is 151 cm³/mol. The van der Waals surface area contributed by atoms with Crippen LogP contribution in [0.25, 0.3) is 33.3 Å². The Morgan fingerprint density at radius 1 is 0.895 bits per heavy atom. The maximum absolute atomic E-state index is 7.61. The average Bonchev–Trinajstić information content (AvgIpc) is 3.51. The number of nitrogens with zero attached hydrogens (tertiary/aromatic N) is 4. The minimum absolute atomic E-state index is 0. The van der Waals surface area contributed by atoms with E-state index in [2.05, 4.69) is 44.0 Å². The largest absolute Gasteiger partial charge is 0.504 e. The molecule has 0 saturated carbocycles. The van der Waals surface area contributed by atoms with E-state index >= 15 is 0 Å². The van der Waals surface area contributed by atoms with Gasteiger partial charge in [0.05, 0.1) is 5.69 Å². The van der Waals surface area contributed by atoms with Crippen molar-refractivity contribution in [1.82, 2.24) is 9.97 Å². The summed E-state index contributed by atoms with van der Waals surface area (Å²) in [5.74, 6) is 0. The average molecular weight is 678 g/mol. The van der Waals surface area contributed by atoms with Gasteiger partial charge in [0.25, 0.3) is 0 Å². The number of pyridine rings is 2. The fourth-order valence-electron chi connectivity index (χ4n) is 4.62. The maximum Gasteiger partial charge on any atom is 0.227 e. The summed E-state index contributed by atoms with van der Waals surface area (Å²) in [5, 5.41) is 1.73. The zero-order valence-electron chi connectivity index (χ0n) is 23.8. The molecule has 0 unspecified atom stereocenters. The molecular weight excluding hydrogens is 649 g/mol. The van der Waals surface area contributed by atoms with Crippen molar-refractivity contribution in [2.24, 2.45) is 0 Å². The quantitative estimate of drug-likeness (QED) is 0.175. The summed E-state index contributed by atoms with van der Waals surface area (Å²) in [7, 11) is 2.01. The normalized spacial score (nSPS) is 13.7. The summed E-state index contributed by atoms with van der Waals surface area (Å²) >= 11 is 0. The van der Waals surface area contributed by atoms with E-state index in [1.54, 1.807) is 18.3 Å². The third-order valence-electron chi connectivity index (χ3n) is 6.38. The summed E-state index contributed by atoms with van der Waals surface area (Å²) in [4.78, 5) is 12.7. The van der Waals surface area contributed by atoms with Gasteiger partial charge in [-0.15, -0.1) is 42.6 Å². The van der Waals surface area contributed by atoms with Crippen LogP contribution in [0.5, 0.6) is 0 Å². The van der Waals surface area contributed by atoms with Crippen LogP contribution in [0.4, 0.5) is 17.1 Å². The fraction of sp³-hybridized carbons (Fsp3) is 0.0938. The van der Waals surface area contributed by atoms with E-state index in [-0.39, 0.29) is 25.8 Å². The summed E-state index contributed by atoms with van der Waals surface area (Å²) in [6.07, 6.45) is 1.79. The standard InChI is InChI=1S/C21H18N3O.C11H8N.Ir/c1-13-8-10-15-16-11-9-14(2)22-21(16)25-20(15)19(13)24-12-23(3)17-6-4-5-7-18(17)24;1-2-6-10(7-3-1)11-8-4-5-9-12-11;/h4-12H,1-3H3;1-6,8-9H;/q2*-1;/i2D3;;. The van der Waals surface area contributed by atoms with Crippen LogP contribution in [0, 0.1) is 26.5 Å². The molecule has 3 aromatic carbocycles. The molecule has 1 radical (unpaired) electrons. The number of rotatable bonds is 2. The van der Waals surface area contributed by atoms with Gasteiger partial charge in [-0.1, -0.05) is 36.4 Å². The summed E-state index contributed by atoms with van der Waals surface area (Å²) < 4.78 is 28.9. The third kappa shape index (κ3) is 4.69. The van der Waals surface area contributed by atoms with E-state index in [0.717, 1.165) is 44.7 Å². The van der Waals surface area contributed by atoms with Crippen molar-refractivity contribution < 1.29 is 28.6 Å². The molecule has 3 aromatic heterocycles. The Kier molecular flexibility index (Phi) is 6.25. The molecule has 0 fully saturated rings. The number of aromatic nitrogens is 2. The van der Waals surface area contributed by atoms with Crippen molar-refractivity contribution in [3.05, 3.63) is 121 Å². The monoisotopic (exact) mass is 678 g/mol.